The molecule has 1 N–H and O–H groups in total. The number of halogens is 2. The molecule has 1 atom stereocenters. The van der Waals surface area contributed by atoms with E-state index in [2.05, 4.69) is 33.1 Å². The van der Waals surface area contributed by atoms with Crippen molar-refractivity contribution in [2.45, 2.75) is 19.4 Å². The summed E-state index contributed by atoms with van der Waals surface area (Å²) in [6.45, 7) is 1.78. The Morgan fingerprint density at radius 1 is 1.53 bits per heavy atom. The van der Waals surface area contributed by atoms with Gasteiger partial charge in [0, 0.05) is 22.5 Å². The quantitative estimate of drug-likeness (QED) is 0.831. The first-order valence-electron chi connectivity index (χ1n) is 4.71. The number of nitrogens with one attached hydrogen (secondary N) is 1. The lowest BCUT2D eigenvalue weighted by atomic mass is 10.0. The number of rotatable bonds is 3. The van der Waals surface area contributed by atoms with Gasteiger partial charge in [-0.1, -0.05) is 15.9 Å². The SMILES string of the molecule is CC#CCC(NC)c1cc(Br)ccc1F. The molecule has 1 unspecified atom stereocenters. The zero-order valence-corrected chi connectivity index (χ0v) is 10.4. The standard InChI is InChI=1S/C12H13BrFN/c1-3-4-5-12(15-2)10-8-9(13)6-7-11(10)14/h6-8,12,15H,5H2,1-2H3. The minimum absolute atomic E-state index is 0.0602. The van der Waals surface area contributed by atoms with Crippen molar-refractivity contribution in [2.24, 2.45) is 0 Å². The van der Waals surface area contributed by atoms with Crippen LogP contribution >= 0.6 is 15.9 Å². The first-order valence-corrected chi connectivity index (χ1v) is 5.50. The van der Waals surface area contributed by atoms with Gasteiger partial charge in [-0.25, -0.2) is 4.39 Å². The van der Waals surface area contributed by atoms with Crippen LogP contribution in [0.5, 0.6) is 0 Å². The van der Waals surface area contributed by atoms with Crippen LogP contribution in [-0.2, 0) is 0 Å². The second-order valence-corrected chi connectivity index (χ2v) is 4.05. The smallest absolute Gasteiger partial charge is 0.128 e. The van der Waals surface area contributed by atoms with E-state index >= 15 is 0 Å². The largest absolute Gasteiger partial charge is 0.312 e. The van der Waals surface area contributed by atoms with Gasteiger partial charge in [0.15, 0.2) is 0 Å². The lowest BCUT2D eigenvalue weighted by molar-refractivity contribution is 0.543. The molecule has 80 valence electrons. The molecule has 0 aromatic heterocycles. The summed E-state index contributed by atoms with van der Waals surface area (Å²) in [6.07, 6.45) is 0.611. The van der Waals surface area contributed by atoms with Crippen LogP contribution in [0.1, 0.15) is 24.9 Å². The molecule has 3 heteroatoms. The van der Waals surface area contributed by atoms with Gasteiger partial charge in [0.1, 0.15) is 5.82 Å². The van der Waals surface area contributed by atoms with Crippen molar-refractivity contribution >= 4 is 15.9 Å². The Bertz CT molecular complexity index is 392. The maximum absolute atomic E-state index is 13.5. The highest BCUT2D eigenvalue weighted by Gasteiger charge is 2.12. The molecule has 15 heavy (non-hydrogen) atoms. The molecule has 1 aromatic carbocycles. The molecule has 1 rings (SSSR count). The average Bonchev–Trinajstić information content (AvgIpc) is 2.24. The lowest BCUT2D eigenvalue weighted by Crippen LogP contribution is -2.17. The first kappa shape index (κ1) is 12.2. The second kappa shape index (κ2) is 5.89. The van der Waals surface area contributed by atoms with E-state index in [4.69, 9.17) is 0 Å². The van der Waals surface area contributed by atoms with Gasteiger partial charge < -0.3 is 5.32 Å². The molecular formula is C12H13BrFN. The van der Waals surface area contributed by atoms with E-state index in [0.717, 1.165) is 4.47 Å². The number of hydrogen-bond donors (Lipinski definition) is 1. The van der Waals surface area contributed by atoms with E-state index in [1.165, 1.54) is 6.07 Å². The molecule has 0 saturated heterocycles. The normalized spacial score (nSPS) is 11.7. The molecule has 0 saturated carbocycles. The molecule has 0 aliphatic heterocycles. The summed E-state index contributed by atoms with van der Waals surface area (Å²) in [7, 11) is 1.81. The lowest BCUT2D eigenvalue weighted by Gasteiger charge is -2.14. The fourth-order valence-corrected chi connectivity index (χ4v) is 1.73. The van der Waals surface area contributed by atoms with Crippen LogP contribution in [0.3, 0.4) is 0 Å². The highest BCUT2D eigenvalue weighted by Crippen LogP contribution is 2.23. The van der Waals surface area contributed by atoms with E-state index in [1.807, 2.05) is 7.05 Å². The van der Waals surface area contributed by atoms with E-state index in [-0.39, 0.29) is 11.9 Å². The highest BCUT2D eigenvalue weighted by molar-refractivity contribution is 9.10. The van der Waals surface area contributed by atoms with Crippen LogP contribution in [0.2, 0.25) is 0 Å². The molecule has 0 aliphatic rings. The van der Waals surface area contributed by atoms with Crippen molar-refractivity contribution in [3.8, 4) is 11.8 Å². The molecule has 0 spiro atoms. The Morgan fingerprint density at radius 3 is 2.87 bits per heavy atom. The molecule has 0 bridgehead atoms. The third kappa shape index (κ3) is 3.33. The average molecular weight is 270 g/mol. The van der Waals surface area contributed by atoms with E-state index in [9.17, 15) is 4.39 Å². The van der Waals surface area contributed by atoms with E-state index < -0.39 is 0 Å². The molecule has 0 aliphatic carbocycles. The van der Waals surface area contributed by atoms with Crippen molar-refractivity contribution in [1.29, 1.82) is 0 Å². The molecule has 0 amide bonds. The van der Waals surface area contributed by atoms with Gasteiger partial charge in [-0.15, -0.1) is 11.8 Å². The van der Waals surface area contributed by atoms with Crippen LogP contribution in [-0.4, -0.2) is 7.05 Å². The third-order valence-corrected chi connectivity index (χ3v) is 2.66. The summed E-state index contributed by atoms with van der Waals surface area (Å²) < 4.78 is 14.4. The fourth-order valence-electron chi connectivity index (χ4n) is 1.35. The zero-order valence-electron chi connectivity index (χ0n) is 8.77. The van der Waals surface area contributed by atoms with Crippen molar-refractivity contribution in [3.63, 3.8) is 0 Å². The van der Waals surface area contributed by atoms with Gasteiger partial charge >= 0.3 is 0 Å². The summed E-state index contributed by atoms with van der Waals surface area (Å²) in [5.41, 5.74) is 0.648. The predicted molar refractivity (Wildman–Crippen MR) is 64.0 cm³/mol. The molecule has 1 aromatic rings. The summed E-state index contributed by atoms with van der Waals surface area (Å²) in [4.78, 5) is 0. The van der Waals surface area contributed by atoms with Crippen molar-refractivity contribution in [1.82, 2.24) is 5.32 Å². The van der Waals surface area contributed by atoms with Gasteiger partial charge in [-0.3, -0.25) is 0 Å². The summed E-state index contributed by atoms with van der Waals surface area (Å²) in [6, 6.07) is 4.88. The minimum atomic E-state index is -0.199. The van der Waals surface area contributed by atoms with Gasteiger partial charge in [0.2, 0.25) is 0 Å². The zero-order chi connectivity index (χ0) is 11.3. The van der Waals surface area contributed by atoms with Gasteiger partial charge in [-0.05, 0) is 32.2 Å². The van der Waals surface area contributed by atoms with Crippen molar-refractivity contribution in [3.05, 3.63) is 34.1 Å². The van der Waals surface area contributed by atoms with Gasteiger partial charge in [-0.2, -0.15) is 0 Å². The monoisotopic (exact) mass is 269 g/mol. The molecule has 1 nitrogen and oxygen atoms in total. The predicted octanol–water partition coefficient (Wildman–Crippen LogP) is 3.26. The van der Waals surface area contributed by atoms with Crippen LogP contribution < -0.4 is 5.32 Å². The van der Waals surface area contributed by atoms with Crippen molar-refractivity contribution < 1.29 is 4.39 Å². The first-order chi connectivity index (χ1) is 7.19. The Labute approximate surface area is 98.2 Å². The molecule has 0 fully saturated rings. The fraction of sp³-hybridized carbons (Fsp3) is 0.333. The summed E-state index contributed by atoms with van der Waals surface area (Å²) >= 11 is 3.33. The maximum atomic E-state index is 13.5. The number of benzene rings is 1. The van der Waals surface area contributed by atoms with Crippen LogP contribution in [0, 0.1) is 17.7 Å². The molecule has 0 heterocycles. The molecular weight excluding hydrogens is 257 g/mol. The second-order valence-electron chi connectivity index (χ2n) is 3.14. The van der Waals surface area contributed by atoms with Crippen LogP contribution in [0.15, 0.2) is 22.7 Å². The van der Waals surface area contributed by atoms with Crippen LogP contribution in [0.25, 0.3) is 0 Å². The van der Waals surface area contributed by atoms with Crippen LogP contribution in [0.4, 0.5) is 4.39 Å². The Morgan fingerprint density at radius 2 is 2.27 bits per heavy atom. The third-order valence-electron chi connectivity index (χ3n) is 2.16. The Balaban J connectivity index is 2.98. The Kier molecular flexibility index (Phi) is 4.80. The topological polar surface area (TPSA) is 12.0 Å². The summed E-state index contributed by atoms with van der Waals surface area (Å²) in [5.74, 6) is 5.56. The van der Waals surface area contributed by atoms with Gasteiger partial charge in [0.25, 0.3) is 0 Å². The Hall–Kier alpha value is -0.850. The number of hydrogen-bond acceptors (Lipinski definition) is 1. The van der Waals surface area contributed by atoms with E-state index in [0.29, 0.717) is 12.0 Å². The van der Waals surface area contributed by atoms with Crippen molar-refractivity contribution in [2.75, 3.05) is 7.05 Å². The minimum Gasteiger partial charge on any atom is -0.312 e. The maximum Gasteiger partial charge on any atom is 0.128 e. The van der Waals surface area contributed by atoms with E-state index in [1.54, 1.807) is 19.1 Å². The summed E-state index contributed by atoms with van der Waals surface area (Å²) in [5, 5.41) is 3.06. The highest BCUT2D eigenvalue weighted by atomic mass is 79.9. The molecule has 0 radical (unpaired) electrons. The van der Waals surface area contributed by atoms with Gasteiger partial charge in [0.05, 0.1) is 0 Å².